The van der Waals surface area contributed by atoms with Crippen LogP contribution in [-0.4, -0.2) is 0 Å². The first-order valence-corrected chi connectivity index (χ1v) is 7.30. The summed E-state index contributed by atoms with van der Waals surface area (Å²) in [7, 11) is 0. The lowest BCUT2D eigenvalue weighted by Gasteiger charge is -2.40. The summed E-state index contributed by atoms with van der Waals surface area (Å²) in [4.78, 5) is 0. The highest BCUT2D eigenvalue weighted by molar-refractivity contribution is 5.00. The maximum Gasteiger partial charge on any atom is -0.0266 e. The molecule has 0 aliphatic heterocycles. The number of fused-ring (bicyclic) bond motifs is 2. The fourth-order valence-corrected chi connectivity index (χ4v) is 5.01. The number of hydrogen-bond acceptors (Lipinski definition) is 0. The molecule has 3 aliphatic carbocycles. The minimum absolute atomic E-state index is 0.826. The first kappa shape index (κ1) is 10.2. The maximum atomic E-state index is 2.60. The second-order valence-electron chi connectivity index (χ2n) is 6.70. The largest absolute Gasteiger partial charge is 0.0617 e. The van der Waals surface area contributed by atoms with Gasteiger partial charge in [-0.25, -0.2) is 0 Å². The van der Waals surface area contributed by atoms with E-state index in [1.165, 1.54) is 19.3 Å². The molecule has 0 radical (unpaired) electrons. The SMILES string of the molecule is CC(C1CCCCC1)C12CCC(CC1)C2. The molecule has 3 aliphatic rings. The molecule has 0 spiro atoms. The Morgan fingerprint density at radius 2 is 1.60 bits per heavy atom. The minimum Gasteiger partial charge on any atom is -0.0617 e. The standard InChI is InChI=1S/C15H26/c1-12(14-5-3-2-4-6-14)15-9-7-13(11-15)8-10-15/h12-14H,2-11H2,1H3. The maximum absolute atomic E-state index is 2.60. The molecule has 2 bridgehead atoms. The van der Waals surface area contributed by atoms with E-state index in [0.717, 1.165) is 23.2 Å². The molecule has 0 aromatic heterocycles. The predicted molar refractivity (Wildman–Crippen MR) is 64.7 cm³/mol. The highest BCUT2D eigenvalue weighted by atomic mass is 14.5. The lowest BCUT2D eigenvalue weighted by atomic mass is 9.65. The van der Waals surface area contributed by atoms with Gasteiger partial charge in [-0.3, -0.25) is 0 Å². The normalized spacial score (nSPS) is 43.4. The number of rotatable bonds is 2. The van der Waals surface area contributed by atoms with Gasteiger partial charge in [0, 0.05) is 0 Å². The molecular formula is C15H26. The van der Waals surface area contributed by atoms with Crippen molar-refractivity contribution in [2.45, 2.75) is 71.1 Å². The van der Waals surface area contributed by atoms with Crippen LogP contribution in [0.25, 0.3) is 0 Å². The molecule has 0 amide bonds. The number of hydrogen-bond donors (Lipinski definition) is 0. The van der Waals surface area contributed by atoms with E-state index in [-0.39, 0.29) is 0 Å². The summed E-state index contributed by atoms with van der Waals surface area (Å²) in [5.74, 6) is 3.27. The van der Waals surface area contributed by atoms with Crippen molar-refractivity contribution in [2.24, 2.45) is 23.2 Å². The molecule has 0 aromatic carbocycles. The van der Waals surface area contributed by atoms with Crippen molar-refractivity contribution in [3.05, 3.63) is 0 Å². The quantitative estimate of drug-likeness (QED) is 0.610. The Kier molecular flexibility index (Phi) is 2.57. The molecule has 3 saturated carbocycles. The van der Waals surface area contributed by atoms with Crippen molar-refractivity contribution in [3.63, 3.8) is 0 Å². The van der Waals surface area contributed by atoms with Gasteiger partial charge in [0.2, 0.25) is 0 Å². The highest BCUT2D eigenvalue weighted by Gasteiger charge is 2.49. The van der Waals surface area contributed by atoms with Crippen LogP contribution in [0.3, 0.4) is 0 Å². The predicted octanol–water partition coefficient (Wildman–Crippen LogP) is 4.78. The molecule has 15 heavy (non-hydrogen) atoms. The Morgan fingerprint density at radius 3 is 2.13 bits per heavy atom. The molecule has 86 valence electrons. The average Bonchev–Trinajstić information content (AvgIpc) is 2.90. The molecule has 0 heterocycles. The lowest BCUT2D eigenvalue weighted by Crippen LogP contribution is -2.31. The monoisotopic (exact) mass is 206 g/mol. The van der Waals surface area contributed by atoms with Gasteiger partial charge in [0.25, 0.3) is 0 Å². The minimum atomic E-state index is 0.826. The Hall–Kier alpha value is 0. The lowest BCUT2D eigenvalue weighted by molar-refractivity contribution is 0.0983. The Bertz CT molecular complexity index is 216. The second-order valence-corrected chi connectivity index (χ2v) is 6.70. The van der Waals surface area contributed by atoms with Gasteiger partial charge < -0.3 is 0 Å². The van der Waals surface area contributed by atoms with Crippen LogP contribution < -0.4 is 0 Å². The third kappa shape index (κ3) is 1.65. The zero-order chi connectivity index (χ0) is 10.3. The molecular weight excluding hydrogens is 180 g/mol. The fourth-order valence-electron chi connectivity index (χ4n) is 5.01. The van der Waals surface area contributed by atoms with Gasteiger partial charge in [0.05, 0.1) is 0 Å². The van der Waals surface area contributed by atoms with Crippen molar-refractivity contribution >= 4 is 0 Å². The van der Waals surface area contributed by atoms with Gasteiger partial charge in [-0.2, -0.15) is 0 Å². The topological polar surface area (TPSA) is 0 Å². The van der Waals surface area contributed by atoms with E-state index in [1.807, 2.05) is 0 Å². The van der Waals surface area contributed by atoms with E-state index in [0.29, 0.717) is 0 Å². The van der Waals surface area contributed by atoms with Gasteiger partial charge in [-0.1, -0.05) is 39.0 Å². The molecule has 1 unspecified atom stereocenters. The molecule has 3 fully saturated rings. The van der Waals surface area contributed by atoms with Crippen LogP contribution in [0, 0.1) is 23.2 Å². The van der Waals surface area contributed by atoms with E-state index in [2.05, 4.69) is 6.92 Å². The van der Waals surface area contributed by atoms with Gasteiger partial charge in [-0.05, 0) is 55.3 Å². The first-order chi connectivity index (χ1) is 7.30. The van der Waals surface area contributed by atoms with E-state index < -0.39 is 0 Å². The summed E-state index contributed by atoms with van der Waals surface area (Å²) >= 11 is 0. The van der Waals surface area contributed by atoms with Crippen LogP contribution >= 0.6 is 0 Å². The zero-order valence-corrected chi connectivity index (χ0v) is 10.3. The first-order valence-electron chi connectivity index (χ1n) is 7.30. The average molecular weight is 206 g/mol. The molecule has 0 N–H and O–H groups in total. The Morgan fingerprint density at radius 1 is 0.933 bits per heavy atom. The molecule has 0 nitrogen and oxygen atoms in total. The molecule has 3 rings (SSSR count). The van der Waals surface area contributed by atoms with Crippen molar-refractivity contribution in [2.75, 3.05) is 0 Å². The molecule has 0 saturated heterocycles. The van der Waals surface area contributed by atoms with Crippen LogP contribution in [0.5, 0.6) is 0 Å². The van der Waals surface area contributed by atoms with Gasteiger partial charge in [-0.15, -0.1) is 0 Å². The Labute approximate surface area is 94.8 Å². The van der Waals surface area contributed by atoms with Crippen LogP contribution in [0.4, 0.5) is 0 Å². The van der Waals surface area contributed by atoms with Crippen molar-refractivity contribution in [1.82, 2.24) is 0 Å². The fraction of sp³-hybridized carbons (Fsp3) is 1.00. The van der Waals surface area contributed by atoms with Crippen LogP contribution in [0.2, 0.25) is 0 Å². The molecule has 1 atom stereocenters. The second kappa shape index (κ2) is 3.79. The van der Waals surface area contributed by atoms with Crippen LogP contribution in [-0.2, 0) is 0 Å². The summed E-state index contributed by atoms with van der Waals surface area (Å²) in [5, 5.41) is 0. The summed E-state index contributed by atoms with van der Waals surface area (Å²) in [6.45, 7) is 2.60. The van der Waals surface area contributed by atoms with Gasteiger partial charge in [0.15, 0.2) is 0 Å². The zero-order valence-electron chi connectivity index (χ0n) is 10.3. The summed E-state index contributed by atoms with van der Waals surface area (Å²) in [6, 6.07) is 0. The van der Waals surface area contributed by atoms with E-state index in [1.54, 1.807) is 44.9 Å². The molecule has 0 aromatic rings. The third-order valence-electron chi connectivity index (χ3n) is 6.12. The van der Waals surface area contributed by atoms with E-state index in [4.69, 9.17) is 0 Å². The third-order valence-corrected chi connectivity index (χ3v) is 6.12. The van der Waals surface area contributed by atoms with Gasteiger partial charge in [0.1, 0.15) is 0 Å². The van der Waals surface area contributed by atoms with Crippen LogP contribution in [0.15, 0.2) is 0 Å². The smallest absolute Gasteiger partial charge is 0.0266 e. The molecule has 0 heteroatoms. The van der Waals surface area contributed by atoms with Crippen molar-refractivity contribution < 1.29 is 0 Å². The Balaban J connectivity index is 1.70. The van der Waals surface area contributed by atoms with Crippen molar-refractivity contribution in [1.29, 1.82) is 0 Å². The highest BCUT2D eigenvalue weighted by Crippen LogP contribution is 2.60. The van der Waals surface area contributed by atoms with Crippen LogP contribution in [0.1, 0.15) is 71.1 Å². The van der Waals surface area contributed by atoms with E-state index >= 15 is 0 Å². The summed E-state index contributed by atoms with van der Waals surface area (Å²) in [6.07, 6.45) is 15.5. The summed E-state index contributed by atoms with van der Waals surface area (Å²) in [5.41, 5.74) is 0.826. The van der Waals surface area contributed by atoms with Gasteiger partial charge >= 0.3 is 0 Å². The van der Waals surface area contributed by atoms with E-state index in [9.17, 15) is 0 Å². The summed E-state index contributed by atoms with van der Waals surface area (Å²) < 4.78 is 0. The van der Waals surface area contributed by atoms with Crippen molar-refractivity contribution in [3.8, 4) is 0 Å².